The summed E-state index contributed by atoms with van der Waals surface area (Å²) in [6, 6.07) is 4.52. The molecule has 1 atom stereocenters. The maximum Gasteiger partial charge on any atom is 0.132 e. The lowest BCUT2D eigenvalue weighted by molar-refractivity contribution is 0.146. The zero-order chi connectivity index (χ0) is 11.4. The standard InChI is InChI=1S/C12H17FO2/c1-8(2)6-12(14)10-5-4-9(15-3)7-11(10)13/h4-5,7-8,12,14H,6H2,1-3H3. The first-order valence-corrected chi connectivity index (χ1v) is 5.06. The van der Waals surface area contributed by atoms with Crippen molar-refractivity contribution in [2.45, 2.75) is 26.4 Å². The van der Waals surface area contributed by atoms with Crippen molar-refractivity contribution < 1.29 is 14.2 Å². The van der Waals surface area contributed by atoms with Crippen molar-refractivity contribution in [2.75, 3.05) is 7.11 Å². The third-order valence-electron chi connectivity index (χ3n) is 2.26. The summed E-state index contributed by atoms with van der Waals surface area (Å²) in [5, 5.41) is 9.75. The average Bonchev–Trinajstić information content (AvgIpc) is 2.16. The first kappa shape index (κ1) is 12.0. The van der Waals surface area contributed by atoms with Crippen molar-refractivity contribution in [2.24, 2.45) is 5.92 Å². The summed E-state index contributed by atoms with van der Waals surface area (Å²) in [5.74, 6) is 0.386. The van der Waals surface area contributed by atoms with Crippen molar-refractivity contribution in [3.8, 4) is 5.75 Å². The fraction of sp³-hybridized carbons (Fsp3) is 0.500. The Morgan fingerprint density at radius 1 is 1.40 bits per heavy atom. The van der Waals surface area contributed by atoms with Crippen molar-refractivity contribution in [3.05, 3.63) is 29.6 Å². The molecule has 0 aromatic heterocycles. The Balaban J connectivity index is 2.85. The van der Waals surface area contributed by atoms with Gasteiger partial charge in [-0.1, -0.05) is 13.8 Å². The second-order valence-corrected chi connectivity index (χ2v) is 4.03. The molecular weight excluding hydrogens is 195 g/mol. The first-order valence-electron chi connectivity index (χ1n) is 5.06. The normalized spacial score (nSPS) is 12.9. The maximum atomic E-state index is 13.5. The Kier molecular flexibility index (Phi) is 4.09. The van der Waals surface area contributed by atoms with E-state index in [-0.39, 0.29) is 0 Å². The fourth-order valence-electron chi connectivity index (χ4n) is 1.48. The highest BCUT2D eigenvalue weighted by Crippen LogP contribution is 2.26. The van der Waals surface area contributed by atoms with Crippen LogP contribution in [0.2, 0.25) is 0 Å². The summed E-state index contributed by atoms with van der Waals surface area (Å²) in [6.07, 6.45) is -0.181. The van der Waals surface area contributed by atoms with Crippen LogP contribution in [0.25, 0.3) is 0 Å². The number of ether oxygens (including phenoxy) is 1. The highest BCUT2D eigenvalue weighted by molar-refractivity contribution is 5.30. The van der Waals surface area contributed by atoms with Crippen molar-refractivity contribution in [3.63, 3.8) is 0 Å². The molecule has 0 aliphatic rings. The Bertz CT molecular complexity index is 323. The van der Waals surface area contributed by atoms with Crippen molar-refractivity contribution in [1.29, 1.82) is 0 Å². The van der Waals surface area contributed by atoms with Gasteiger partial charge in [-0.3, -0.25) is 0 Å². The van der Waals surface area contributed by atoms with E-state index in [0.29, 0.717) is 23.7 Å². The molecule has 3 heteroatoms. The maximum absolute atomic E-state index is 13.5. The van der Waals surface area contributed by atoms with Gasteiger partial charge in [-0.2, -0.15) is 0 Å². The average molecular weight is 212 g/mol. The van der Waals surface area contributed by atoms with Gasteiger partial charge in [-0.15, -0.1) is 0 Å². The third kappa shape index (κ3) is 3.20. The highest BCUT2D eigenvalue weighted by atomic mass is 19.1. The highest BCUT2D eigenvalue weighted by Gasteiger charge is 2.14. The van der Waals surface area contributed by atoms with Gasteiger partial charge in [0.25, 0.3) is 0 Å². The van der Waals surface area contributed by atoms with Crippen LogP contribution < -0.4 is 4.74 Å². The summed E-state index contributed by atoms with van der Waals surface area (Å²) in [7, 11) is 1.49. The Morgan fingerprint density at radius 3 is 2.53 bits per heavy atom. The number of aliphatic hydroxyl groups is 1. The number of hydrogen-bond donors (Lipinski definition) is 1. The largest absolute Gasteiger partial charge is 0.497 e. The number of benzene rings is 1. The molecular formula is C12H17FO2. The van der Waals surface area contributed by atoms with E-state index in [9.17, 15) is 9.50 Å². The number of rotatable bonds is 4. The summed E-state index contributed by atoms with van der Waals surface area (Å²) in [5.41, 5.74) is 0.338. The predicted octanol–water partition coefficient (Wildman–Crippen LogP) is 2.91. The van der Waals surface area contributed by atoms with E-state index < -0.39 is 11.9 Å². The quantitative estimate of drug-likeness (QED) is 0.831. The Morgan fingerprint density at radius 2 is 2.07 bits per heavy atom. The molecule has 0 saturated heterocycles. The molecule has 0 saturated carbocycles. The van der Waals surface area contributed by atoms with Crippen molar-refractivity contribution in [1.82, 2.24) is 0 Å². The fourth-order valence-corrected chi connectivity index (χ4v) is 1.48. The molecule has 1 aromatic rings. The van der Waals surface area contributed by atoms with E-state index in [2.05, 4.69) is 0 Å². The molecule has 84 valence electrons. The molecule has 0 aliphatic heterocycles. The topological polar surface area (TPSA) is 29.5 Å². The number of halogens is 1. The van der Waals surface area contributed by atoms with Crippen LogP contribution in [0.3, 0.4) is 0 Å². The van der Waals surface area contributed by atoms with Crippen LogP contribution in [0.4, 0.5) is 4.39 Å². The number of aliphatic hydroxyl groups excluding tert-OH is 1. The predicted molar refractivity (Wildman–Crippen MR) is 57.4 cm³/mol. The lowest BCUT2D eigenvalue weighted by Crippen LogP contribution is -2.04. The molecule has 0 heterocycles. The number of methoxy groups -OCH3 is 1. The van der Waals surface area contributed by atoms with E-state index in [0.717, 1.165) is 0 Å². The van der Waals surface area contributed by atoms with E-state index in [1.165, 1.54) is 13.2 Å². The van der Waals surface area contributed by atoms with Gasteiger partial charge in [-0.25, -0.2) is 4.39 Å². The molecule has 0 fully saturated rings. The smallest absolute Gasteiger partial charge is 0.132 e. The Labute approximate surface area is 89.7 Å². The minimum atomic E-state index is -0.740. The summed E-state index contributed by atoms with van der Waals surface area (Å²) in [6.45, 7) is 3.98. The monoisotopic (exact) mass is 212 g/mol. The summed E-state index contributed by atoms with van der Waals surface area (Å²) < 4.78 is 18.4. The minimum Gasteiger partial charge on any atom is -0.497 e. The van der Waals surface area contributed by atoms with Crippen LogP contribution in [0.15, 0.2) is 18.2 Å². The molecule has 1 aromatic carbocycles. The zero-order valence-electron chi connectivity index (χ0n) is 9.33. The van der Waals surface area contributed by atoms with Gasteiger partial charge in [0.05, 0.1) is 13.2 Å². The van der Waals surface area contributed by atoms with Crippen molar-refractivity contribution >= 4 is 0 Å². The molecule has 0 radical (unpaired) electrons. The molecule has 0 aliphatic carbocycles. The second kappa shape index (κ2) is 5.12. The Hall–Kier alpha value is -1.09. The number of hydrogen-bond acceptors (Lipinski definition) is 2. The van der Waals surface area contributed by atoms with Crippen LogP contribution in [0.1, 0.15) is 31.9 Å². The van der Waals surface area contributed by atoms with Gasteiger partial charge in [0.2, 0.25) is 0 Å². The summed E-state index contributed by atoms with van der Waals surface area (Å²) in [4.78, 5) is 0. The van der Waals surface area contributed by atoms with Crippen LogP contribution in [-0.4, -0.2) is 12.2 Å². The second-order valence-electron chi connectivity index (χ2n) is 4.03. The van der Waals surface area contributed by atoms with Crippen LogP contribution in [-0.2, 0) is 0 Å². The van der Waals surface area contributed by atoms with Crippen LogP contribution in [0, 0.1) is 11.7 Å². The van der Waals surface area contributed by atoms with Gasteiger partial charge in [0.15, 0.2) is 0 Å². The minimum absolute atomic E-state index is 0.335. The molecule has 2 nitrogen and oxygen atoms in total. The van der Waals surface area contributed by atoms with Gasteiger partial charge in [-0.05, 0) is 24.5 Å². The molecule has 15 heavy (non-hydrogen) atoms. The first-order chi connectivity index (χ1) is 7.04. The zero-order valence-corrected chi connectivity index (χ0v) is 9.33. The van der Waals surface area contributed by atoms with Gasteiger partial charge in [0, 0.05) is 11.6 Å². The van der Waals surface area contributed by atoms with Crippen LogP contribution in [0.5, 0.6) is 5.75 Å². The van der Waals surface area contributed by atoms with Crippen LogP contribution >= 0.6 is 0 Å². The van der Waals surface area contributed by atoms with Gasteiger partial charge < -0.3 is 9.84 Å². The van der Waals surface area contributed by atoms with E-state index in [1.807, 2.05) is 13.8 Å². The molecule has 1 N–H and O–H groups in total. The van der Waals surface area contributed by atoms with E-state index in [1.54, 1.807) is 12.1 Å². The molecule has 0 bridgehead atoms. The molecule has 1 unspecified atom stereocenters. The van der Waals surface area contributed by atoms with E-state index >= 15 is 0 Å². The third-order valence-corrected chi connectivity index (χ3v) is 2.26. The van der Waals surface area contributed by atoms with Gasteiger partial charge in [0.1, 0.15) is 11.6 Å². The summed E-state index contributed by atoms with van der Waals surface area (Å²) >= 11 is 0. The molecule has 1 rings (SSSR count). The molecule has 0 amide bonds. The lowest BCUT2D eigenvalue weighted by atomic mass is 9.99. The SMILES string of the molecule is COc1ccc(C(O)CC(C)C)c(F)c1. The molecule has 0 spiro atoms. The van der Waals surface area contributed by atoms with Gasteiger partial charge >= 0.3 is 0 Å². The van der Waals surface area contributed by atoms with E-state index in [4.69, 9.17) is 4.74 Å². The lowest BCUT2D eigenvalue weighted by Gasteiger charge is -2.14.